The van der Waals surface area contributed by atoms with Gasteiger partial charge in [-0.3, -0.25) is 5.32 Å². The number of aromatic nitrogens is 2. The number of nitrogens with zero attached hydrogens (tertiary/aromatic N) is 2. The van der Waals surface area contributed by atoms with Crippen molar-refractivity contribution in [2.45, 2.75) is 38.7 Å². The molecule has 19 heavy (non-hydrogen) atoms. The first kappa shape index (κ1) is 14.2. The standard InChI is InChI=1S/C12H20N4O2S/c1-9-4-2-3-5-10(9)18-7-6-13-11(17)15-12-16-14-8-19-12/h8-10H,2-7H2,1H3,(H2,13,15,16,17)/t9-,10+/m1/s1. The van der Waals surface area contributed by atoms with Crippen LogP contribution >= 0.6 is 11.3 Å². The van der Waals surface area contributed by atoms with Gasteiger partial charge in [-0.1, -0.05) is 31.1 Å². The van der Waals surface area contributed by atoms with E-state index in [1.165, 1.54) is 30.6 Å². The highest BCUT2D eigenvalue weighted by Gasteiger charge is 2.21. The van der Waals surface area contributed by atoms with Crippen LogP contribution in [0.4, 0.5) is 9.93 Å². The molecule has 7 heteroatoms. The van der Waals surface area contributed by atoms with E-state index in [-0.39, 0.29) is 6.03 Å². The van der Waals surface area contributed by atoms with Crippen LogP contribution in [0.3, 0.4) is 0 Å². The van der Waals surface area contributed by atoms with E-state index in [1.54, 1.807) is 5.51 Å². The molecule has 2 N–H and O–H groups in total. The predicted molar refractivity (Wildman–Crippen MR) is 74.3 cm³/mol. The van der Waals surface area contributed by atoms with Gasteiger partial charge in [-0.05, 0) is 18.8 Å². The topological polar surface area (TPSA) is 76.1 Å². The Kier molecular flexibility index (Phi) is 5.53. The SMILES string of the molecule is C[C@@H]1CCCC[C@@H]1OCCNC(=O)Nc1nncs1. The Bertz CT molecular complexity index is 385. The van der Waals surface area contributed by atoms with Gasteiger partial charge in [0.25, 0.3) is 0 Å². The number of ether oxygens (including phenoxy) is 1. The number of carbonyl (C=O) groups is 1. The molecule has 0 aliphatic heterocycles. The molecule has 0 radical (unpaired) electrons. The lowest BCUT2D eigenvalue weighted by Gasteiger charge is -2.28. The van der Waals surface area contributed by atoms with Gasteiger partial charge < -0.3 is 10.1 Å². The Balaban J connectivity index is 1.57. The van der Waals surface area contributed by atoms with Gasteiger partial charge in [-0.15, -0.1) is 10.2 Å². The molecule has 0 spiro atoms. The van der Waals surface area contributed by atoms with Crippen molar-refractivity contribution in [1.29, 1.82) is 0 Å². The molecule has 1 aromatic heterocycles. The van der Waals surface area contributed by atoms with E-state index in [1.807, 2.05) is 0 Å². The van der Waals surface area contributed by atoms with E-state index in [0.717, 1.165) is 6.42 Å². The third-order valence-electron chi connectivity index (χ3n) is 3.33. The molecule has 1 aliphatic rings. The van der Waals surface area contributed by atoms with Crippen molar-refractivity contribution in [3.63, 3.8) is 0 Å². The van der Waals surface area contributed by atoms with E-state index in [4.69, 9.17) is 4.74 Å². The van der Waals surface area contributed by atoms with E-state index in [0.29, 0.717) is 30.3 Å². The number of carbonyl (C=O) groups excluding carboxylic acids is 1. The number of urea groups is 1. The highest BCUT2D eigenvalue weighted by Crippen LogP contribution is 2.25. The van der Waals surface area contributed by atoms with E-state index < -0.39 is 0 Å². The molecule has 2 rings (SSSR count). The number of hydrogen-bond acceptors (Lipinski definition) is 5. The zero-order chi connectivity index (χ0) is 13.5. The molecule has 1 aromatic rings. The summed E-state index contributed by atoms with van der Waals surface area (Å²) in [6.07, 6.45) is 5.29. The van der Waals surface area contributed by atoms with Crippen LogP contribution in [0.25, 0.3) is 0 Å². The lowest BCUT2D eigenvalue weighted by molar-refractivity contribution is -0.00232. The second-order valence-corrected chi connectivity index (χ2v) is 5.63. The summed E-state index contributed by atoms with van der Waals surface area (Å²) in [5.41, 5.74) is 1.57. The van der Waals surface area contributed by atoms with Crippen LogP contribution in [0, 0.1) is 5.92 Å². The quantitative estimate of drug-likeness (QED) is 0.813. The average Bonchev–Trinajstić information content (AvgIpc) is 2.89. The summed E-state index contributed by atoms with van der Waals surface area (Å²) in [6.45, 7) is 3.30. The minimum atomic E-state index is -0.267. The van der Waals surface area contributed by atoms with Crippen molar-refractivity contribution in [3.8, 4) is 0 Å². The molecule has 6 nitrogen and oxygen atoms in total. The first-order valence-electron chi connectivity index (χ1n) is 6.68. The van der Waals surface area contributed by atoms with Crippen LogP contribution < -0.4 is 10.6 Å². The number of rotatable bonds is 5. The maximum atomic E-state index is 11.5. The molecular formula is C12H20N4O2S. The van der Waals surface area contributed by atoms with Gasteiger partial charge in [0.15, 0.2) is 0 Å². The number of anilines is 1. The van der Waals surface area contributed by atoms with Crippen LogP contribution in [0.15, 0.2) is 5.51 Å². The second-order valence-electron chi connectivity index (χ2n) is 4.80. The maximum Gasteiger partial charge on any atom is 0.321 e. The van der Waals surface area contributed by atoms with Crippen LogP contribution in [0.5, 0.6) is 0 Å². The molecule has 1 saturated carbocycles. The molecular weight excluding hydrogens is 264 g/mol. The Morgan fingerprint density at radius 3 is 3.11 bits per heavy atom. The van der Waals surface area contributed by atoms with Crippen LogP contribution in [-0.2, 0) is 4.74 Å². The van der Waals surface area contributed by atoms with Gasteiger partial charge in [-0.25, -0.2) is 4.79 Å². The van der Waals surface area contributed by atoms with E-state index in [9.17, 15) is 4.79 Å². The number of nitrogens with one attached hydrogen (secondary N) is 2. The fraction of sp³-hybridized carbons (Fsp3) is 0.750. The highest BCUT2D eigenvalue weighted by atomic mass is 32.1. The van der Waals surface area contributed by atoms with Crippen molar-refractivity contribution in [1.82, 2.24) is 15.5 Å². The van der Waals surface area contributed by atoms with Crippen molar-refractivity contribution in [3.05, 3.63) is 5.51 Å². The summed E-state index contributed by atoms with van der Waals surface area (Å²) < 4.78 is 5.81. The van der Waals surface area contributed by atoms with E-state index in [2.05, 4.69) is 27.8 Å². The molecule has 2 amide bonds. The zero-order valence-corrected chi connectivity index (χ0v) is 11.9. The summed E-state index contributed by atoms with van der Waals surface area (Å²) in [5.74, 6) is 0.629. The van der Waals surface area contributed by atoms with Gasteiger partial charge in [-0.2, -0.15) is 0 Å². The lowest BCUT2D eigenvalue weighted by Crippen LogP contribution is -2.34. The summed E-state index contributed by atoms with van der Waals surface area (Å²) in [6, 6.07) is -0.267. The smallest absolute Gasteiger partial charge is 0.321 e. The molecule has 0 aromatic carbocycles. The molecule has 106 valence electrons. The predicted octanol–water partition coefficient (Wildman–Crippen LogP) is 2.25. The molecule has 1 aliphatic carbocycles. The average molecular weight is 284 g/mol. The van der Waals surface area contributed by atoms with Crippen molar-refractivity contribution < 1.29 is 9.53 Å². The zero-order valence-electron chi connectivity index (χ0n) is 11.1. The van der Waals surface area contributed by atoms with Crippen LogP contribution in [-0.4, -0.2) is 35.5 Å². The summed E-state index contributed by atoms with van der Waals surface area (Å²) in [7, 11) is 0. The second kappa shape index (κ2) is 7.40. The molecule has 0 bridgehead atoms. The Morgan fingerprint density at radius 1 is 1.53 bits per heavy atom. The highest BCUT2D eigenvalue weighted by molar-refractivity contribution is 7.13. The minimum Gasteiger partial charge on any atom is -0.376 e. The van der Waals surface area contributed by atoms with Gasteiger partial charge >= 0.3 is 6.03 Å². The van der Waals surface area contributed by atoms with Crippen molar-refractivity contribution >= 4 is 22.5 Å². The van der Waals surface area contributed by atoms with Crippen molar-refractivity contribution in [2.75, 3.05) is 18.5 Å². The Labute approximate surface area is 116 Å². The van der Waals surface area contributed by atoms with Gasteiger partial charge in [0.2, 0.25) is 5.13 Å². The Hall–Kier alpha value is -1.21. The summed E-state index contributed by atoms with van der Waals surface area (Å²) in [5, 5.41) is 13.2. The fourth-order valence-electron chi connectivity index (χ4n) is 2.27. The summed E-state index contributed by atoms with van der Waals surface area (Å²) in [4.78, 5) is 11.5. The van der Waals surface area contributed by atoms with Gasteiger partial charge in [0.1, 0.15) is 5.51 Å². The molecule has 0 saturated heterocycles. The normalized spacial score (nSPS) is 23.0. The molecule has 1 fully saturated rings. The number of amides is 2. The van der Waals surface area contributed by atoms with Gasteiger partial charge in [0.05, 0.1) is 12.7 Å². The van der Waals surface area contributed by atoms with Crippen LogP contribution in [0.1, 0.15) is 32.6 Å². The lowest BCUT2D eigenvalue weighted by atomic mass is 9.88. The minimum absolute atomic E-state index is 0.267. The summed E-state index contributed by atoms with van der Waals surface area (Å²) >= 11 is 1.29. The number of hydrogen-bond donors (Lipinski definition) is 2. The first-order valence-corrected chi connectivity index (χ1v) is 7.56. The van der Waals surface area contributed by atoms with E-state index >= 15 is 0 Å². The molecule has 0 unspecified atom stereocenters. The largest absolute Gasteiger partial charge is 0.376 e. The monoisotopic (exact) mass is 284 g/mol. The van der Waals surface area contributed by atoms with Gasteiger partial charge in [0, 0.05) is 6.54 Å². The van der Waals surface area contributed by atoms with Crippen LogP contribution in [0.2, 0.25) is 0 Å². The first-order chi connectivity index (χ1) is 9.25. The third kappa shape index (κ3) is 4.76. The fourth-order valence-corrected chi connectivity index (χ4v) is 2.71. The van der Waals surface area contributed by atoms with Crippen molar-refractivity contribution in [2.24, 2.45) is 5.92 Å². The molecule has 1 heterocycles. The Morgan fingerprint density at radius 2 is 2.37 bits per heavy atom. The molecule has 2 atom stereocenters. The third-order valence-corrected chi connectivity index (χ3v) is 3.94. The maximum absolute atomic E-state index is 11.5.